The maximum Gasteiger partial charge on any atom is 0.287 e. The molecular weight excluding hydrogens is 290 g/mol. The van der Waals surface area contributed by atoms with Gasteiger partial charge >= 0.3 is 0 Å². The van der Waals surface area contributed by atoms with Crippen LogP contribution in [0.4, 0.5) is 0 Å². The molecule has 0 aliphatic rings. The zero-order valence-corrected chi connectivity index (χ0v) is 13.7. The summed E-state index contributed by atoms with van der Waals surface area (Å²) in [6, 6.07) is 11.4. The highest BCUT2D eigenvalue weighted by Gasteiger charge is 2.13. The van der Waals surface area contributed by atoms with E-state index in [-0.39, 0.29) is 18.6 Å². The summed E-state index contributed by atoms with van der Waals surface area (Å²) in [6.07, 6.45) is 3.46. The first kappa shape index (κ1) is 16.9. The lowest BCUT2D eigenvalue weighted by atomic mass is 10.1. The molecule has 0 spiro atoms. The summed E-state index contributed by atoms with van der Waals surface area (Å²) in [4.78, 5) is 12.0. The Bertz CT molecular complexity index is 660. The van der Waals surface area contributed by atoms with Crippen LogP contribution in [-0.4, -0.2) is 11.9 Å². The Morgan fingerprint density at radius 1 is 1.35 bits per heavy atom. The number of rotatable bonds is 8. The SMILES string of the molecule is C=CCc1ccccc1OCc1ccc(C(=O)NC(C)CC)o1. The molecule has 0 aliphatic heterocycles. The van der Waals surface area contributed by atoms with Gasteiger partial charge in [-0.15, -0.1) is 6.58 Å². The van der Waals surface area contributed by atoms with E-state index in [1.165, 1.54) is 0 Å². The highest BCUT2D eigenvalue weighted by Crippen LogP contribution is 2.20. The standard InChI is InChI=1S/C19H23NO3/c1-4-8-15-9-6-7-10-17(15)22-13-16-11-12-18(23-16)19(21)20-14(3)5-2/h4,6-7,9-12,14H,1,5,8,13H2,2-3H3,(H,20,21). The van der Waals surface area contributed by atoms with Crippen LogP contribution in [0.5, 0.6) is 5.75 Å². The largest absolute Gasteiger partial charge is 0.485 e. The lowest BCUT2D eigenvalue weighted by Gasteiger charge is -2.10. The van der Waals surface area contributed by atoms with Crippen molar-refractivity contribution in [3.63, 3.8) is 0 Å². The third kappa shape index (κ3) is 4.74. The summed E-state index contributed by atoms with van der Waals surface area (Å²) in [5.74, 6) is 1.53. The normalized spacial score (nSPS) is 11.7. The van der Waals surface area contributed by atoms with Crippen LogP contribution in [0, 0.1) is 0 Å². The fourth-order valence-electron chi connectivity index (χ4n) is 2.09. The molecule has 0 saturated carbocycles. The average molecular weight is 313 g/mol. The molecule has 1 unspecified atom stereocenters. The molecule has 0 fully saturated rings. The van der Waals surface area contributed by atoms with Gasteiger partial charge in [-0.2, -0.15) is 0 Å². The lowest BCUT2D eigenvalue weighted by molar-refractivity contribution is 0.0907. The van der Waals surface area contributed by atoms with Gasteiger partial charge in [0.1, 0.15) is 18.1 Å². The van der Waals surface area contributed by atoms with Crippen LogP contribution in [0.1, 0.15) is 42.1 Å². The highest BCUT2D eigenvalue weighted by molar-refractivity contribution is 5.91. The van der Waals surface area contributed by atoms with Gasteiger partial charge in [-0.3, -0.25) is 4.79 Å². The van der Waals surface area contributed by atoms with E-state index in [1.54, 1.807) is 12.1 Å². The molecule has 122 valence electrons. The van der Waals surface area contributed by atoms with Crippen molar-refractivity contribution in [1.29, 1.82) is 0 Å². The molecule has 2 aromatic rings. The van der Waals surface area contributed by atoms with Crippen LogP contribution >= 0.6 is 0 Å². The van der Waals surface area contributed by atoms with Crippen LogP contribution in [0.2, 0.25) is 0 Å². The van der Waals surface area contributed by atoms with Gasteiger partial charge in [0.2, 0.25) is 0 Å². The van der Waals surface area contributed by atoms with Crippen molar-refractivity contribution in [3.05, 3.63) is 66.1 Å². The van der Waals surface area contributed by atoms with Gasteiger partial charge in [-0.1, -0.05) is 31.2 Å². The fourth-order valence-corrected chi connectivity index (χ4v) is 2.09. The van der Waals surface area contributed by atoms with Crippen molar-refractivity contribution >= 4 is 5.91 Å². The topological polar surface area (TPSA) is 51.5 Å². The minimum absolute atomic E-state index is 0.123. The summed E-state index contributed by atoms with van der Waals surface area (Å²) in [5.41, 5.74) is 1.07. The molecule has 4 nitrogen and oxygen atoms in total. The van der Waals surface area contributed by atoms with E-state index in [1.807, 2.05) is 44.2 Å². The number of hydrogen-bond acceptors (Lipinski definition) is 3. The van der Waals surface area contributed by atoms with Crippen LogP contribution in [0.3, 0.4) is 0 Å². The van der Waals surface area contributed by atoms with Crippen molar-refractivity contribution in [3.8, 4) is 5.75 Å². The third-order valence-electron chi connectivity index (χ3n) is 3.58. The Morgan fingerprint density at radius 3 is 2.87 bits per heavy atom. The Kier molecular flexibility index (Phi) is 6.03. The number of benzene rings is 1. The number of allylic oxidation sites excluding steroid dienone is 1. The van der Waals surface area contributed by atoms with Crippen molar-refractivity contribution in [1.82, 2.24) is 5.32 Å². The fraction of sp³-hybridized carbons (Fsp3) is 0.316. The Hall–Kier alpha value is -2.49. The van der Waals surface area contributed by atoms with Crippen LogP contribution in [-0.2, 0) is 13.0 Å². The highest BCUT2D eigenvalue weighted by atomic mass is 16.5. The lowest BCUT2D eigenvalue weighted by Crippen LogP contribution is -2.31. The van der Waals surface area contributed by atoms with E-state index in [4.69, 9.17) is 9.15 Å². The zero-order valence-electron chi connectivity index (χ0n) is 13.7. The molecule has 2 rings (SSSR count). The molecule has 1 N–H and O–H groups in total. The molecule has 1 amide bonds. The Morgan fingerprint density at radius 2 is 2.13 bits per heavy atom. The number of carbonyl (C=O) groups excluding carboxylic acids is 1. The van der Waals surface area contributed by atoms with Crippen LogP contribution in [0.25, 0.3) is 0 Å². The summed E-state index contributed by atoms with van der Waals surface area (Å²) < 4.78 is 11.4. The van der Waals surface area contributed by atoms with Gasteiger partial charge in [0.05, 0.1) is 0 Å². The van der Waals surface area contributed by atoms with Gasteiger partial charge in [-0.05, 0) is 43.5 Å². The first-order chi connectivity index (χ1) is 11.1. The van der Waals surface area contributed by atoms with E-state index in [2.05, 4.69) is 11.9 Å². The van der Waals surface area contributed by atoms with Crippen molar-refractivity contribution in [2.75, 3.05) is 0 Å². The smallest absolute Gasteiger partial charge is 0.287 e. The predicted molar refractivity (Wildman–Crippen MR) is 90.6 cm³/mol. The number of amides is 1. The molecule has 1 atom stereocenters. The van der Waals surface area contributed by atoms with Crippen LogP contribution in [0.15, 0.2) is 53.5 Å². The average Bonchev–Trinajstić information content (AvgIpc) is 3.03. The van der Waals surface area contributed by atoms with Gasteiger partial charge in [-0.25, -0.2) is 0 Å². The quantitative estimate of drug-likeness (QED) is 0.746. The molecule has 1 aromatic heterocycles. The molecule has 1 aromatic carbocycles. The molecule has 0 aliphatic carbocycles. The first-order valence-electron chi connectivity index (χ1n) is 7.85. The second-order valence-electron chi connectivity index (χ2n) is 5.44. The minimum atomic E-state index is -0.197. The van der Waals surface area contributed by atoms with Gasteiger partial charge < -0.3 is 14.5 Å². The number of para-hydroxylation sites is 1. The zero-order chi connectivity index (χ0) is 16.7. The number of nitrogens with one attached hydrogen (secondary N) is 1. The van der Waals surface area contributed by atoms with E-state index in [0.717, 1.165) is 24.2 Å². The number of hydrogen-bond donors (Lipinski definition) is 1. The van der Waals surface area contributed by atoms with Gasteiger partial charge in [0, 0.05) is 6.04 Å². The van der Waals surface area contributed by atoms with E-state index in [9.17, 15) is 4.79 Å². The monoisotopic (exact) mass is 313 g/mol. The van der Waals surface area contributed by atoms with Crippen LogP contribution < -0.4 is 10.1 Å². The Balaban J connectivity index is 1.97. The maximum atomic E-state index is 12.0. The van der Waals surface area contributed by atoms with Crippen molar-refractivity contribution in [2.24, 2.45) is 0 Å². The third-order valence-corrected chi connectivity index (χ3v) is 3.58. The van der Waals surface area contributed by atoms with Crippen molar-refractivity contribution in [2.45, 2.75) is 39.3 Å². The number of carbonyl (C=O) groups is 1. The summed E-state index contributed by atoms with van der Waals surface area (Å²) >= 11 is 0. The predicted octanol–water partition coefficient (Wildman–Crippen LogP) is 4.12. The van der Waals surface area contributed by atoms with Gasteiger partial charge in [0.25, 0.3) is 5.91 Å². The van der Waals surface area contributed by atoms with Crippen molar-refractivity contribution < 1.29 is 13.9 Å². The second-order valence-corrected chi connectivity index (χ2v) is 5.44. The minimum Gasteiger partial charge on any atom is -0.485 e. The maximum absolute atomic E-state index is 12.0. The van der Waals surface area contributed by atoms with E-state index in [0.29, 0.717) is 11.5 Å². The molecule has 0 saturated heterocycles. The van der Waals surface area contributed by atoms with E-state index >= 15 is 0 Å². The number of ether oxygens (including phenoxy) is 1. The molecule has 1 heterocycles. The summed E-state index contributed by atoms with van der Waals surface area (Å²) in [7, 11) is 0. The Labute approximate surface area is 137 Å². The summed E-state index contributed by atoms with van der Waals surface area (Å²) in [5, 5.41) is 2.87. The summed E-state index contributed by atoms with van der Waals surface area (Å²) in [6.45, 7) is 8.01. The molecule has 0 radical (unpaired) electrons. The molecule has 4 heteroatoms. The molecule has 23 heavy (non-hydrogen) atoms. The number of furan rings is 1. The molecule has 0 bridgehead atoms. The second kappa shape index (κ2) is 8.22. The first-order valence-corrected chi connectivity index (χ1v) is 7.85. The van der Waals surface area contributed by atoms with Gasteiger partial charge in [0.15, 0.2) is 5.76 Å². The molecular formula is C19H23NO3. The van der Waals surface area contributed by atoms with E-state index < -0.39 is 0 Å².